The van der Waals surface area contributed by atoms with Gasteiger partial charge in [-0.05, 0) is 12.1 Å². The Kier molecular flexibility index (Phi) is 3.69. The number of carbonyl (C=O) groups is 1. The number of halogens is 2. The Labute approximate surface area is 115 Å². The highest BCUT2D eigenvalue weighted by atomic mass is 19.3. The van der Waals surface area contributed by atoms with Crippen molar-refractivity contribution in [2.45, 2.75) is 12.3 Å². The molecule has 5 nitrogen and oxygen atoms in total. The molecule has 110 valence electrons. The molecule has 1 aromatic rings. The summed E-state index contributed by atoms with van der Waals surface area (Å²) in [5, 5.41) is 2.87. The van der Waals surface area contributed by atoms with Gasteiger partial charge >= 0.3 is 5.97 Å². The average molecular weight is 285 g/mol. The molecule has 0 unspecified atom stereocenters. The van der Waals surface area contributed by atoms with E-state index in [0.717, 1.165) is 0 Å². The van der Waals surface area contributed by atoms with E-state index in [2.05, 4.69) is 10.1 Å². The molecule has 1 saturated heterocycles. The van der Waals surface area contributed by atoms with Crippen LogP contribution in [0.15, 0.2) is 12.1 Å². The Morgan fingerprint density at radius 1 is 1.50 bits per heavy atom. The molecule has 20 heavy (non-hydrogen) atoms. The lowest BCUT2D eigenvalue weighted by molar-refractivity contribution is 0.0256. The fourth-order valence-corrected chi connectivity index (χ4v) is 2.30. The summed E-state index contributed by atoms with van der Waals surface area (Å²) in [5.74, 6) is -3.33. The van der Waals surface area contributed by atoms with E-state index in [9.17, 15) is 13.6 Å². The van der Waals surface area contributed by atoms with E-state index in [0.29, 0.717) is 17.1 Å². The van der Waals surface area contributed by atoms with Gasteiger partial charge < -0.3 is 20.7 Å². The van der Waals surface area contributed by atoms with Crippen LogP contribution in [-0.4, -0.2) is 39.1 Å². The minimum atomic E-state index is -2.74. The molecule has 0 atom stereocenters. The smallest absolute Gasteiger partial charge is 0.340 e. The number of nitrogens with zero attached hydrogens (tertiary/aromatic N) is 1. The molecule has 1 aromatic carbocycles. The number of nitrogens with one attached hydrogen (secondary N) is 1. The Morgan fingerprint density at radius 2 is 2.20 bits per heavy atom. The third-order valence-electron chi connectivity index (χ3n) is 3.35. The fraction of sp³-hybridized carbons (Fsp3) is 0.462. The van der Waals surface area contributed by atoms with Gasteiger partial charge in [-0.3, -0.25) is 0 Å². The number of anilines is 3. The number of alkyl halides is 2. The zero-order chi connectivity index (χ0) is 14.9. The van der Waals surface area contributed by atoms with Crippen molar-refractivity contribution in [1.82, 2.24) is 0 Å². The quantitative estimate of drug-likeness (QED) is 0.656. The Balaban J connectivity index is 2.46. The van der Waals surface area contributed by atoms with Crippen molar-refractivity contribution in [2.24, 2.45) is 0 Å². The summed E-state index contributed by atoms with van der Waals surface area (Å²) in [6, 6.07) is 3.05. The molecule has 0 spiro atoms. The van der Waals surface area contributed by atoms with Crippen molar-refractivity contribution in [1.29, 1.82) is 0 Å². The molecule has 0 bridgehead atoms. The number of rotatable bonds is 3. The number of benzene rings is 1. The highest BCUT2D eigenvalue weighted by molar-refractivity contribution is 5.99. The zero-order valence-electron chi connectivity index (χ0n) is 11.4. The second kappa shape index (κ2) is 5.15. The van der Waals surface area contributed by atoms with Crippen molar-refractivity contribution in [3.63, 3.8) is 0 Å². The Bertz CT molecular complexity index is 535. The normalized spacial score (nSPS) is 17.1. The van der Waals surface area contributed by atoms with Gasteiger partial charge in [-0.2, -0.15) is 0 Å². The summed E-state index contributed by atoms with van der Waals surface area (Å²) in [6.45, 7) is -0.228. The van der Waals surface area contributed by atoms with E-state index in [1.54, 1.807) is 13.1 Å². The van der Waals surface area contributed by atoms with Gasteiger partial charge in [-0.25, -0.2) is 13.6 Å². The van der Waals surface area contributed by atoms with Gasteiger partial charge in [0.2, 0.25) is 0 Å². The summed E-state index contributed by atoms with van der Waals surface area (Å²) in [7, 11) is 2.92. The Hall–Kier alpha value is -2.05. The van der Waals surface area contributed by atoms with Crippen LogP contribution in [0.5, 0.6) is 0 Å². The van der Waals surface area contributed by atoms with Crippen LogP contribution in [0.2, 0.25) is 0 Å². The minimum absolute atomic E-state index is 0.185. The topological polar surface area (TPSA) is 67.6 Å². The lowest BCUT2D eigenvalue weighted by Gasteiger charge is -2.22. The highest BCUT2D eigenvalue weighted by Crippen LogP contribution is 2.36. The van der Waals surface area contributed by atoms with Gasteiger partial charge in [0.25, 0.3) is 5.92 Å². The number of ether oxygens (including phenoxy) is 1. The molecule has 0 aromatic heterocycles. The monoisotopic (exact) mass is 285 g/mol. The number of methoxy groups -OCH3 is 1. The first-order chi connectivity index (χ1) is 9.38. The first-order valence-corrected chi connectivity index (χ1v) is 6.20. The van der Waals surface area contributed by atoms with E-state index in [1.165, 1.54) is 18.1 Å². The molecule has 1 aliphatic heterocycles. The van der Waals surface area contributed by atoms with Crippen LogP contribution >= 0.6 is 0 Å². The van der Waals surface area contributed by atoms with Crippen LogP contribution in [0.4, 0.5) is 25.8 Å². The molecule has 0 aliphatic carbocycles. The van der Waals surface area contributed by atoms with Crippen LogP contribution < -0.4 is 16.0 Å². The maximum absolute atomic E-state index is 13.4. The lowest BCUT2D eigenvalue weighted by Crippen LogP contribution is -2.26. The predicted octanol–water partition coefficient (Wildman–Crippen LogP) is 1.94. The highest BCUT2D eigenvalue weighted by Gasteiger charge is 2.39. The molecule has 1 fully saturated rings. The molecule has 0 amide bonds. The van der Waals surface area contributed by atoms with E-state index in [4.69, 9.17) is 5.73 Å². The molecule has 3 N–H and O–H groups in total. The second-order valence-electron chi connectivity index (χ2n) is 4.73. The Morgan fingerprint density at radius 3 is 2.70 bits per heavy atom. The van der Waals surface area contributed by atoms with Gasteiger partial charge in [0, 0.05) is 20.0 Å². The number of nitrogen functional groups attached to an aromatic ring is 1. The summed E-state index contributed by atoms with van der Waals surface area (Å²) in [5.41, 5.74) is 7.36. The average Bonchev–Trinajstić information content (AvgIpc) is 2.77. The number of nitrogens with two attached hydrogens (primary N) is 1. The molecule has 7 heteroatoms. The van der Waals surface area contributed by atoms with E-state index in [1.807, 2.05) is 0 Å². The molecule has 1 heterocycles. The van der Waals surface area contributed by atoms with E-state index < -0.39 is 18.4 Å². The van der Waals surface area contributed by atoms with Crippen molar-refractivity contribution in [3.05, 3.63) is 17.7 Å². The maximum Gasteiger partial charge on any atom is 0.340 e. The molecule has 0 saturated carbocycles. The fourth-order valence-electron chi connectivity index (χ4n) is 2.30. The molecular weight excluding hydrogens is 268 g/mol. The third kappa shape index (κ3) is 2.61. The van der Waals surface area contributed by atoms with Gasteiger partial charge in [0.05, 0.1) is 36.3 Å². The number of esters is 1. The number of carbonyl (C=O) groups excluding carboxylic acids is 1. The summed E-state index contributed by atoms with van der Waals surface area (Å²) >= 11 is 0. The molecule has 0 radical (unpaired) electrons. The summed E-state index contributed by atoms with van der Waals surface area (Å²) in [6.07, 6.45) is -0.229. The van der Waals surface area contributed by atoms with Gasteiger partial charge in [-0.1, -0.05) is 0 Å². The van der Waals surface area contributed by atoms with Crippen LogP contribution in [0, 0.1) is 0 Å². The lowest BCUT2D eigenvalue weighted by atomic mass is 10.1. The molecular formula is C13H17F2N3O2. The zero-order valence-corrected chi connectivity index (χ0v) is 11.4. The van der Waals surface area contributed by atoms with Crippen LogP contribution in [0.3, 0.4) is 0 Å². The van der Waals surface area contributed by atoms with E-state index in [-0.39, 0.29) is 18.5 Å². The summed E-state index contributed by atoms with van der Waals surface area (Å²) in [4.78, 5) is 13.3. The van der Waals surface area contributed by atoms with Crippen molar-refractivity contribution < 1.29 is 18.3 Å². The first-order valence-electron chi connectivity index (χ1n) is 6.20. The number of hydrogen-bond acceptors (Lipinski definition) is 5. The SMILES string of the molecule is CNc1cc(N2CCC(F)(F)C2)c(C(=O)OC)cc1N. The van der Waals surface area contributed by atoms with Crippen LogP contribution in [0.25, 0.3) is 0 Å². The predicted molar refractivity (Wildman–Crippen MR) is 73.5 cm³/mol. The third-order valence-corrected chi connectivity index (χ3v) is 3.35. The van der Waals surface area contributed by atoms with Crippen LogP contribution in [0.1, 0.15) is 16.8 Å². The maximum atomic E-state index is 13.4. The minimum Gasteiger partial charge on any atom is -0.465 e. The number of hydrogen-bond donors (Lipinski definition) is 2. The summed E-state index contributed by atoms with van der Waals surface area (Å²) < 4.78 is 31.4. The second-order valence-corrected chi connectivity index (χ2v) is 4.73. The van der Waals surface area contributed by atoms with Gasteiger partial charge in [-0.15, -0.1) is 0 Å². The van der Waals surface area contributed by atoms with Gasteiger partial charge in [0.15, 0.2) is 0 Å². The largest absolute Gasteiger partial charge is 0.465 e. The van der Waals surface area contributed by atoms with E-state index >= 15 is 0 Å². The van der Waals surface area contributed by atoms with Crippen molar-refractivity contribution >= 4 is 23.0 Å². The van der Waals surface area contributed by atoms with Crippen molar-refractivity contribution in [2.75, 3.05) is 43.2 Å². The van der Waals surface area contributed by atoms with Crippen molar-refractivity contribution in [3.8, 4) is 0 Å². The molecule has 1 aliphatic rings. The van der Waals surface area contributed by atoms with Gasteiger partial charge in [0.1, 0.15) is 0 Å². The first kappa shape index (κ1) is 14.4. The molecule has 2 rings (SSSR count). The van der Waals surface area contributed by atoms with Crippen LogP contribution in [-0.2, 0) is 4.74 Å². The standard InChI is InChI=1S/C13H17F2N3O2/c1-17-10-6-11(18-4-3-13(14,15)7-18)8(5-9(10)16)12(19)20-2/h5-6,17H,3-4,7,16H2,1-2H3.